The monoisotopic (exact) mass is 398 g/mol. The highest BCUT2D eigenvalue weighted by atomic mass is 32.1. The number of aryl methyl sites for hydroxylation is 1. The second-order valence-corrected chi connectivity index (χ2v) is 7.13. The van der Waals surface area contributed by atoms with Crippen molar-refractivity contribution in [1.82, 2.24) is 20.1 Å². The van der Waals surface area contributed by atoms with Crippen LogP contribution in [0.25, 0.3) is 21.6 Å². The van der Waals surface area contributed by atoms with Gasteiger partial charge in [0.05, 0.1) is 34.3 Å². The van der Waals surface area contributed by atoms with Crippen molar-refractivity contribution in [3.05, 3.63) is 35.3 Å². The zero-order chi connectivity index (χ0) is 19.8. The van der Waals surface area contributed by atoms with Gasteiger partial charge in [0.2, 0.25) is 0 Å². The maximum Gasteiger partial charge on any atom is 0.418 e. The minimum absolute atomic E-state index is 0.154. The Kier molecular flexibility index (Phi) is 4.96. The third kappa shape index (κ3) is 3.67. The third-order valence-electron chi connectivity index (χ3n) is 4.13. The van der Waals surface area contributed by atoms with Gasteiger partial charge in [-0.25, -0.2) is 9.67 Å². The van der Waals surface area contributed by atoms with Crippen LogP contribution in [0.15, 0.2) is 29.8 Å². The number of nitrogens with one attached hydrogen (secondary N) is 1. The Bertz CT molecular complexity index is 965. The second kappa shape index (κ2) is 6.93. The first-order valence-electron chi connectivity index (χ1n) is 8.12. The average molecular weight is 398 g/mol. The van der Waals surface area contributed by atoms with E-state index in [0.29, 0.717) is 30.2 Å². The number of aromatic nitrogens is 3. The number of alkyl halides is 3. The summed E-state index contributed by atoms with van der Waals surface area (Å²) in [5, 5.41) is 18.2. The van der Waals surface area contributed by atoms with Gasteiger partial charge in [-0.2, -0.15) is 18.3 Å². The molecule has 3 aromatic rings. The van der Waals surface area contributed by atoms with E-state index in [9.17, 15) is 23.1 Å². The lowest BCUT2D eigenvalue weighted by atomic mass is 10.1. The van der Waals surface area contributed by atoms with Crippen LogP contribution in [0, 0.1) is 0 Å². The van der Waals surface area contributed by atoms with Gasteiger partial charge in [0, 0.05) is 6.54 Å². The standard InChI is InChI=1S/C17H17F3N4O2S/c1-3-24-14-11(8-22-24)10(7-12(23-14)13-5-4-6-27-13)15(25)21-9-16(2,26)17(18,19)20/h4-8,26H,3,9H2,1-2H3,(H,21,25)/t16-/m1/s1. The first-order chi connectivity index (χ1) is 12.6. The van der Waals surface area contributed by atoms with Gasteiger partial charge in [-0.3, -0.25) is 4.79 Å². The van der Waals surface area contributed by atoms with Gasteiger partial charge >= 0.3 is 6.18 Å². The van der Waals surface area contributed by atoms with Crippen LogP contribution in [-0.2, 0) is 6.54 Å². The maximum absolute atomic E-state index is 12.8. The highest BCUT2D eigenvalue weighted by molar-refractivity contribution is 7.13. The van der Waals surface area contributed by atoms with Crippen molar-refractivity contribution in [2.75, 3.05) is 6.54 Å². The van der Waals surface area contributed by atoms with E-state index in [4.69, 9.17) is 0 Å². The highest BCUT2D eigenvalue weighted by Gasteiger charge is 2.50. The second-order valence-electron chi connectivity index (χ2n) is 6.18. The quantitative estimate of drug-likeness (QED) is 0.692. The molecule has 27 heavy (non-hydrogen) atoms. The summed E-state index contributed by atoms with van der Waals surface area (Å²) in [5.41, 5.74) is -1.88. The molecule has 0 saturated carbocycles. The molecule has 0 aliphatic heterocycles. The van der Waals surface area contributed by atoms with Crippen molar-refractivity contribution in [3.63, 3.8) is 0 Å². The number of fused-ring (bicyclic) bond motifs is 1. The molecule has 144 valence electrons. The number of halogens is 3. The fourth-order valence-electron chi connectivity index (χ4n) is 2.47. The first-order valence-corrected chi connectivity index (χ1v) is 8.99. The molecule has 0 aromatic carbocycles. The minimum Gasteiger partial charge on any atom is -0.379 e. The van der Waals surface area contributed by atoms with E-state index >= 15 is 0 Å². The molecule has 0 aliphatic carbocycles. The molecular weight excluding hydrogens is 381 g/mol. The molecule has 3 rings (SSSR count). The van der Waals surface area contributed by atoms with Gasteiger partial charge in [-0.15, -0.1) is 11.3 Å². The van der Waals surface area contributed by atoms with E-state index in [1.165, 1.54) is 23.6 Å². The Morgan fingerprint density at radius 1 is 1.41 bits per heavy atom. The van der Waals surface area contributed by atoms with Gasteiger partial charge in [0.1, 0.15) is 0 Å². The number of carbonyl (C=O) groups excluding carboxylic acids is 1. The van der Waals surface area contributed by atoms with E-state index in [2.05, 4.69) is 15.4 Å². The number of hydrogen-bond acceptors (Lipinski definition) is 5. The number of carbonyl (C=O) groups is 1. The summed E-state index contributed by atoms with van der Waals surface area (Å²) in [6.07, 6.45) is -3.40. The first kappa shape index (κ1) is 19.3. The number of nitrogens with zero attached hydrogens (tertiary/aromatic N) is 3. The summed E-state index contributed by atoms with van der Waals surface area (Å²) in [6.45, 7) is 2.04. The molecule has 1 amide bonds. The van der Waals surface area contributed by atoms with Crippen molar-refractivity contribution in [1.29, 1.82) is 0 Å². The van der Waals surface area contributed by atoms with Crippen LogP contribution in [0.5, 0.6) is 0 Å². The number of thiophene rings is 1. The SMILES string of the molecule is CCn1ncc2c(C(=O)NC[C@@](C)(O)C(F)(F)F)cc(-c3cccs3)nc21. The van der Waals surface area contributed by atoms with Crippen molar-refractivity contribution >= 4 is 28.3 Å². The molecule has 0 radical (unpaired) electrons. The predicted octanol–water partition coefficient (Wildman–Crippen LogP) is 3.22. The van der Waals surface area contributed by atoms with Gasteiger partial charge < -0.3 is 10.4 Å². The Morgan fingerprint density at radius 3 is 2.74 bits per heavy atom. The smallest absolute Gasteiger partial charge is 0.379 e. The molecule has 0 unspecified atom stereocenters. The van der Waals surface area contributed by atoms with Crippen molar-refractivity contribution in [2.45, 2.75) is 32.2 Å². The van der Waals surface area contributed by atoms with Gasteiger partial charge in [0.15, 0.2) is 11.2 Å². The van der Waals surface area contributed by atoms with E-state index < -0.39 is 24.2 Å². The van der Waals surface area contributed by atoms with Crippen LogP contribution in [0.2, 0.25) is 0 Å². The Labute approximate surface area is 156 Å². The van der Waals surface area contributed by atoms with Gasteiger partial charge in [-0.1, -0.05) is 6.07 Å². The van der Waals surface area contributed by atoms with E-state index in [1.807, 2.05) is 24.4 Å². The third-order valence-corrected chi connectivity index (χ3v) is 5.02. The molecule has 0 spiro atoms. The molecule has 1 atom stereocenters. The summed E-state index contributed by atoms with van der Waals surface area (Å²) in [4.78, 5) is 18.0. The van der Waals surface area contributed by atoms with Crippen molar-refractivity contribution < 1.29 is 23.1 Å². The van der Waals surface area contributed by atoms with Crippen LogP contribution < -0.4 is 5.32 Å². The summed E-state index contributed by atoms with van der Waals surface area (Å²) >= 11 is 1.43. The average Bonchev–Trinajstić information content (AvgIpc) is 3.27. The molecule has 0 fully saturated rings. The largest absolute Gasteiger partial charge is 0.418 e. The Morgan fingerprint density at radius 2 is 2.15 bits per heavy atom. The molecule has 6 nitrogen and oxygen atoms in total. The Balaban J connectivity index is 2.00. The number of hydrogen-bond donors (Lipinski definition) is 2. The van der Waals surface area contributed by atoms with Gasteiger partial charge in [-0.05, 0) is 31.4 Å². The topological polar surface area (TPSA) is 80.0 Å². The summed E-state index contributed by atoms with van der Waals surface area (Å²) in [5.74, 6) is -0.736. The van der Waals surface area contributed by atoms with Crippen LogP contribution in [0.1, 0.15) is 24.2 Å². The summed E-state index contributed by atoms with van der Waals surface area (Å²) in [6, 6.07) is 5.19. The molecule has 3 aromatic heterocycles. The maximum atomic E-state index is 12.8. The fourth-order valence-corrected chi connectivity index (χ4v) is 3.15. The number of rotatable bonds is 5. The number of pyridine rings is 1. The van der Waals surface area contributed by atoms with Crippen LogP contribution in [0.3, 0.4) is 0 Å². The molecule has 0 aliphatic rings. The lowest BCUT2D eigenvalue weighted by Crippen LogP contribution is -2.51. The van der Waals surface area contributed by atoms with Crippen molar-refractivity contribution in [3.8, 4) is 10.6 Å². The van der Waals surface area contributed by atoms with E-state index in [0.717, 1.165) is 4.88 Å². The predicted molar refractivity (Wildman–Crippen MR) is 95.5 cm³/mol. The molecular formula is C17H17F3N4O2S. The molecule has 0 saturated heterocycles. The van der Waals surface area contributed by atoms with Gasteiger partial charge in [0.25, 0.3) is 5.91 Å². The highest BCUT2D eigenvalue weighted by Crippen LogP contribution is 2.30. The van der Waals surface area contributed by atoms with E-state index in [-0.39, 0.29) is 5.56 Å². The minimum atomic E-state index is -4.86. The fraction of sp³-hybridized carbons (Fsp3) is 0.353. The molecule has 0 bridgehead atoms. The van der Waals surface area contributed by atoms with E-state index in [1.54, 1.807) is 4.68 Å². The van der Waals surface area contributed by atoms with Crippen molar-refractivity contribution in [2.24, 2.45) is 0 Å². The Hall–Kier alpha value is -2.46. The lowest BCUT2D eigenvalue weighted by Gasteiger charge is -2.26. The number of aliphatic hydroxyl groups is 1. The zero-order valence-electron chi connectivity index (χ0n) is 14.5. The van der Waals surface area contributed by atoms with Crippen LogP contribution in [-0.4, -0.2) is 44.1 Å². The molecule has 10 heteroatoms. The molecule has 3 heterocycles. The number of amides is 1. The molecule has 2 N–H and O–H groups in total. The lowest BCUT2D eigenvalue weighted by molar-refractivity contribution is -0.249. The summed E-state index contributed by atoms with van der Waals surface area (Å²) in [7, 11) is 0. The normalized spacial score (nSPS) is 14.3. The van der Waals surface area contributed by atoms with Crippen LogP contribution >= 0.6 is 11.3 Å². The summed E-state index contributed by atoms with van der Waals surface area (Å²) < 4.78 is 40.1. The zero-order valence-corrected chi connectivity index (χ0v) is 15.4. The van der Waals surface area contributed by atoms with Crippen LogP contribution in [0.4, 0.5) is 13.2 Å².